The van der Waals surface area contributed by atoms with Crippen molar-refractivity contribution in [3.8, 4) is 11.1 Å². The van der Waals surface area contributed by atoms with Crippen molar-refractivity contribution in [3.63, 3.8) is 0 Å². The Bertz CT molecular complexity index is 1160. The lowest BCUT2D eigenvalue weighted by molar-refractivity contribution is 0.927. The molecule has 7 nitrogen and oxygen atoms in total. The number of hydrogen-bond donors (Lipinski definition) is 1. The Hall–Kier alpha value is -2.84. The Kier molecular flexibility index (Phi) is 3.29. The van der Waals surface area contributed by atoms with Gasteiger partial charge in [-0.3, -0.25) is 9.36 Å². The van der Waals surface area contributed by atoms with E-state index in [1.165, 1.54) is 6.20 Å². The second-order valence-corrected chi connectivity index (χ2v) is 5.92. The van der Waals surface area contributed by atoms with Crippen molar-refractivity contribution in [2.45, 2.75) is 0 Å². The van der Waals surface area contributed by atoms with E-state index in [4.69, 9.17) is 29.6 Å². The predicted octanol–water partition coefficient (Wildman–Crippen LogP) is 1.85. The van der Waals surface area contributed by atoms with Crippen molar-refractivity contribution in [1.82, 2.24) is 24.4 Å². The number of benzene rings is 1. The molecule has 3 heterocycles. The Morgan fingerprint density at radius 2 is 1.92 bits per heavy atom. The molecule has 0 aliphatic carbocycles. The van der Waals surface area contributed by atoms with Gasteiger partial charge in [0.25, 0.3) is 5.56 Å². The van der Waals surface area contributed by atoms with Crippen LogP contribution in [0.5, 0.6) is 0 Å². The van der Waals surface area contributed by atoms with Gasteiger partial charge in [-0.25, -0.2) is 4.52 Å². The molecule has 0 amide bonds. The molecular weight excluding hydrogens is 348 g/mol. The van der Waals surface area contributed by atoms with Gasteiger partial charge in [-0.1, -0.05) is 23.7 Å². The molecule has 0 saturated carbocycles. The van der Waals surface area contributed by atoms with Gasteiger partial charge in [0.2, 0.25) is 0 Å². The monoisotopic (exact) mass is 356 g/mol. The lowest BCUT2D eigenvalue weighted by Gasteiger charge is -2.05. The highest BCUT2D eigenvalue weighted by Gasteiger charge is 2.14. The highest BCUT2D eigenvalue weighted by molar-refractivity contribution is 7.80. The van der Waals surface area contributed by atoms with Crippen LogP contribution in [0.25, 0.3) is 27.8 Å². The molecule has 0 saturated heterocycles. The van der Waals surface area contributed by atoms with Crippen LogP contribution in [0.2, 0.25) is 5.02 Å². The van der Waals surface area contributed by atoms with E-state index < -0.39 is 5.56 Å². The summed E-state index contributed by atoms with van der Waals surface area (Å²) in [5.74, 6) is 0. The largest absolute Gasteiger partial charge is 0.376 e. The fourth-order valence-corrected chi connectivity index (χ4v) is 2.77. The molecule has 0 aliphatic heterocycles. The van der Waals surface area contributed by atoms with Crippen molar-refractivity contribution in [3.05, 3.63) is 58.1 Å². The van der Waals surface area contributed by atoms with Crippen molar-refractivity contribution in [2.24, 2.45) is 5.73 Å². The third-order valence-corrected chi connectivity index (χ3v) is 4.10. The number of hydrogen-bond acceptors (Lipinski definition) is 5. The second-order valence-electron chi connectivity index (χ2n) is 5.06. The zero-order valence-electron chi connectivity index (χ0n) is 12.0. The van der Waals surface area contributed by atoms with E-state index in [2.05, 4.69) is 15.3 Å². The van der Waals surface area contributed by atoms with Crippen molar-refractivity contribution >= 4 is 45.6 Å². The molecule has 9 heteroatoms. The average molecular weight is 357 g/mol. The van der Waals surface area contributed by atoms with Gasteiger partial charge >= 0.3 is 0 Å². The fraction of sp³-hybridized carbons (Fsp3) is 0. The summed E-state index contributed by atoms with van der Waals surface area (Å²) < 4.78 is 2.71. The maximum absolute atomic E-state index is 12.4. The molecule has 2 N–H and O–H groups in total. The van der Waals surface area contributed by atoms with Crippen LogP contribution in [-0.4, -0.2) is 29.5 Å². The first-order chi connectivity index (χ1) is 11.6. The number of thiocarbonyl (C=S) groups is 1. The van der Waals surface area contributed by atoms with E-state index in [1.807, 2.05) is 12.1 Å². The average Bonchev–Trinajstić information content (AvgIpc) is 3.00. The minimum atomic E-state index is -0.432. The van der Waals surface area contributed by atoms with Crippen LogP contribution in [0.3, 0.4) is 0 Å². The third-order valence-electron chi connectivity index (χ3n) is 3.65. The highest BCUT2D eigenvalue weighted by Crippen LogP contribution is 2.25. The number of nitrogens with zero attached hydrogens (tertiary/aromatic N) is 5. The maximum Gasteiger partial charge on any atom is 0.286 e. The van der Waals surface area contributed by atoms with Crippen LogP contribution >= 0.6 is 23.8 Å². The van der Waals surface area contributed by atoms with Crippen molar-refractivity contribution < 1.29 is 0 Å². The molecule has 118 valence electrons. The van der Waals surface area contributed by atoms with Crippen LogP contribution in [0.4, 0.5) is 0 Å². The van der Waals surface area contributed by atoms with E-state index in [0.29, 0.717) is 16.2 Å². The van der Waals surface area contributed by atoms with Crippen LogP contribution < -0.4 is 11.3 Å². The van der Waals surface area contributed by atoms with Gasteiger partial charge in [-0.2, -0.15) is 5.10 Å². The molecule has 0 spiro atoms. The summed E-state index contributed by atoms with van der Waals surface area (Å²) in [4.78, 5) is 12.4. The molecule has 0 radical (unpaired) electrons. The van der Waals surface area contributed by atoms with E-state index in [0.717, 1.165) is 15.7 Å². The second kappa shape index (κ2) is 5.36. The smallest absolute Gasteiger partial charge is 0.286 e. The molecule has 0 aliphatic rings. The molecule has 4 rings (SSSR count). The van der Waals surface area contributed by atoms with Gasteiger partial charge in [0, 0.05) is 16.8 Å². The summed E-state index contributed by atoms with van der Waals surface area (Å²) in [7, 11) is 0. The summed E-state index contributed by atoms with van der Waals surface area (Å²) in [5.41, 5.74) is 7.99. The molecular formula is C15H9ClN6OS. The van der Waals surface area contributed by atoms with E-state index >= 15 is 0 Å². The summed E-state index contributed by atoms with van der Waals surface area (Å²) in [6.45, 7) is 0. The maximum atomic E-state index is 12.4. The first-order valence-electron chi connectivity index (χ1n) is 6.88. The first kappa shape index (κ1) is 14.7. The van der Waals surface area contributed by atoms with Gasteiger partial charge in [0.15, 0.2) is 16.3 Å². The van der Waals surface area contributed by atoms with Gasteiger partial charge < -0.3 is 5.73 Å². The SMILES string of the molecule is NC(=S)n1ccc2c(nnc3c(-c4ccc(Cl)cc4)cnn32)c1=O. The predicted molar refractivity (Wildman–Crippen MR) is 95.2 cm³/mol. The Morgan fingerprint density at radius 3 is 2.62 bits per heavy atom. The number of nitrogens with two attached hydrogens (primary N) is 1. The van der Waals surface area contributed by atoms with Gasteiger partial charge in [0.05, 0.1) is 6.20 Å². The normalized spacial score (nSPS) is 11.2. The number of pyridine rings is 1. The molecule has 0 unspecified atom stereocenters. The topological polar surface area (TPSA) is 91.1 Å². The molecule has 0 bridgehead atoms. The lowest BCUT2D eigenvalue weighted by atomic mass is 10.1. The zero-order valence-corrected chi connectivity index (χ0v) is 13.6. The Labute approximate surface area is 145 Å². The third kappa shape index (κ3) is 2.15. The fourth-order valence-electron chi connectivity index (χ4n) is 2.50. The summed E-state index contributed by atoms with van der Waals surface area (Å²) in [5, 5.41) is 13.1. The quantitative estimate of drug-likeness (QED) is 0.523. The van der Waals surface area contributed by atoms with Crippen LogP contribution in [0.1, 0.15) is 0 Å². The molecule has 4 aromatic rings. The minimum Gasteiger partial charge on any atom is -0.376 e. The molecule has 24 heavy (non-hydrogen) atoms. The Morgan fingerprint density at radius 1 is 1.17 bits per heavy atom. The van der Waals surface area contributed by atoms with Gasteiger partial charge in [-0.15, -0.1) is 10.2 Å². The zero-order chi connectivity index (χ0) is 16.8. The minimum absolute atomic E-state index is 0.0499. The molecule has 1 aromatic carbocycles. The van der Waals surface area contributed by atoms with Gasteiger partial charge in [0.1, 0.15) is 5.52 Å². The molecule has 0 atom stereocenters. The van der Waals surface area contributed by atoms with Crippen LogP contribution in [0, 0.1) is 0 Å². The van der Waals surface area contributed by atoms with E-state index in [-0.39, 0.29) is 10.6 Å². The standard InChI is InChI=1S/C15H9ClN6OS/c16-9-3-1-8(2-4-9)10-7-18-22-11-5-6-21(15(17)24)14(23)12(11)19-20-13(10)22/h1-7H,(H2,17,24). The summed E-state index contributed by atoms with van der Waals surface area (Å²) in [6.07, 6.45) is 3.17. The molecule has 3 aromatic heterocycles. The molecule has 0 fully saturated rings. The van der Waals surface area contributed by atoms with Crippen molar-refractivity contribution in [2.75, 3.05) is 0 Å². The highest BCUT2D eigenvalue weighted by atomic mass is 35.5. The lowest BCUT2D eigenvalue weighted by Crippen LogP contribution is -2.31. The first-order valence-corrected chi connectivity index (χ1v) is 7.66. The van der Waals surface area contributed by atoms with Crippen LogP contribution in [-0.2, 0) is 0 Å². The van der Waals surface area contributed by atoms with E-state index in [9.17, 15) is 4.79 Å². The summed E-state index contributed by atoms with van der Waals surface area (Å²) in [6, 6.07) is 8.99. The Balaban J connectivity index is 2.01. The number of rotatable bonds is 1. The van der Waals surface area contributed by atoms with Gasteiger partial charge in [-0.05, 0) is 36.0 Å². The number of aromatic nitrogens is 5. The summed E-state index contributed by atoms with van der Waals surface area (Å²) >= 11 is 10.8. The van der Waals surface area contributed by atoms with Crippen molar-refractivity contribution in [1.29, 1.82) is 0 Å². The van der Waals surface area contributed by atoms with Crippen LogP contribution in [0.15, 0.2) is 47.5 Å². The number of halogens is 1. The van der Waals surface area contributed by atoms with E-state index in [1.54, 1.807) is 28.9 Å². The number of fused-ring (bicyclic) bond motifs is 3.